The van der Waals surface area contributed by atoms with Gasteiger partial charge in [0, 0.05) is 5.39 Å². The van der Waals surface area contributed by atoms with E-state index < -0.39 is 11.5 Å². The molecule has 0 bridgehead atoms. The van der Waals surface area contributed by atoms with Gasteiger partial charge in [0.15, 0.2) is 11.4 Å². The summed E-state index contributed by atoms with van der Waals surface area (Å²) in [7, 11) is 0. The minimum absolute atomic E-state index is 0.111. The summed E-state index contributed by atoms with van der Waals surface area (Å²) >= 11 is 1.36. The Morgan fingerprint density at radius 2 is 2.06 bits per heavy atom. The van der Waals surface area contributed by atoms with Crippen molar-refractivity contribution in [2.45, 2.75) is 5.03 Å². The Morgan fingerprint density at radius 1 is 1.33 bits per heavy atom. The van der Waals surface area contributed by atoms with Crippen LogP contribution in [0.1, 0.15) is 5.82 Å². The summed E-state index contributed by atoms with van der Waals surface area (Å²) in [4.78, 5) is 29.7. The summed E-state index contributed by atoms with van der Waals surface area (Å²) in [6.07, 6.45) is 1.82. The average Bonchev–Trinajstić information content (AvgIpc) is 2.38. The number of thioether (sulfide) groups is 1. The lowest BCUT2D eigenvalue weighted by Gasteiger charge is -2.05. The molecule has 1 N–H and O–H groups in total. The fraction of sp³-hybridized carbons (Fsp3) is 0.0833. The fourth-order valence-electron chi connectivity index (χ4n) is 1.50. The summed E-state index contributed by atoms with van der Waals surface area (Å²) in [5.74, 6) is -0.126. The predicted molar refractivity (Wildman–Crippen MR) is 68.1 cm³/mol. The molecule has 0 unspecified atom stereocenters. The van der Waals surface area contributed by atoms with Crippen LogP contribution in [0, 0.1) is 0 Å². The first kappa shape index (κ1) is 12.3. The Hall–Kier alpha value is -2.17. The molecule has 0 aliphatic heterocycles. The van der Waals surface area contributed by atoms with Crippen molar-refractivity contribution < 1.29 is 14.7 Å². The molecule has 0 fully saturated rings. The summed E-state index contributed by atoms with van der Waals surface area (Å²) in [6.45, 7) is 0. The van der Waals surface area contributed by atoms with Crippen LogP contribution in [0.25, 0.3) is 16.5 Å². The first-order valence-electron chi connectivity index (χ1n) is 4.97. The number of rotatable bonds is 3. The van der Waals surface area contributed by atoms with Gasteiger partial charge in [0.1, 0.15) is 11.0 Å². The highest BCUT2D eigenvalue weighted by Crippen LogP contribution is 2.24. The molecule has 1 aromatic heterocycles. The van der Waals surface area contributed by atoms with Gasteiger partial charge in [-0.2, -0.15) is 0 Å². The normalized spacial score (nSPS) is 10.1. The van der Waals surface area contributed by atoms with Gasteiger partial charge >= 0.3 is 5.97 Å². The molecular formula is C12H8N2O3S. The molecular weight excluding hydrogens is 252 g/mol. The minimum Gasteiger partial charge on any atom is -0.477 e. The van der Waals surface area contributed by atoms with Crippen LogP contribution >= 0.6 is 11.8 Å². The molecule has 0 atom stereocenters. The maximum Gasteiger partial charge on any atom is 0.350 e. The van der Waals surface area contributed by atoms with Crippen molar-refractivity contribution in [3.05, 3.63) is 30.1 Å². The standard InChI is InChI=1S/C12H8N2O3S/c1-18-11-7-4-2-3-5-9(7)13-10(14-11)8(6-15)12(16)17/h2-5H,1H3,(H,16,17). The second kappa shape index (κ2) is 5.00. The fourth-order valence-corrected chi connectivity index (χ4v) is 2.07. The van der Waals surface area contributed by atoms with Gasteiger partial charge in [-0.3, -0.25) is 0 Å². The lowest BCUT2D eigenvalue weighted by molar-refractivity contribution is -0.130. The third kappa shape index (κ3) is 2.11. The number of aliphatic carboxylic acids is 1. The van der Waals surface area contributed by atoms with Gasteiger partial charge in [0.25, 0.3) is 0 Å². The lowest BCUT2D eigenvalue weighted by atomic mass is 10.2. The van der Waals surface area contributed by atoms with E-state index in [0.717, 1.165) is 5.39 Å². The molecule has 1 heterocycles. The van der Waals surface area contributed by atoms with Crippen molar-refractivity contribution in [3.63, 3.8) is 0 Å². The number of carboxylic acids is 1. The number of fused-ring (bicyclic) bond motifs is 1. The quantitative estimate of drug-likeness (QED) is 0.391. The molecule has 90 valence electrons. The number of carbonyl (C=O) groups excluding carboxylic acids is 1. The Morgan fingerprint density at radius 3 is 2.67 bits per heavy atom. The van der Waals surface area contributed by atoms with Crippen LogP contribution in [0.4, 0.5) is 0 Å². The smallest absolute Gasteiger partial charge is 0.350 e. The minimum atomic E-state index is -1.38. The molecule has 1 aromatic carbocycles. The van der Waals surface area contributed by atoms with E-state index in [1.807, 2.05) is 18.4 Å². The monoisotopic (exact) mass is 260 g/mol. The van der Waals surface area contributed by atoms with Crippen LogP contribution in [0.15, 0.2) is 29.3 Å². The zero-order valence-electron chi connectivity index (χ0n) is 9.38. The first-order valence-corrected chi connectivity index (χ1v) is 6.19. The summed E-state index contributed by atoms with van der Waals surface area (Å²) in [5, 5.41) is 10.3. The van der Waals surface area contributed by atoms with Gasteiger partial charge in [-0.05, 0) is 12.3 Å². The van der Waals surface area contributed by atoms with Crippen LogP contribution in [-0.4, -0.2) is 33.2 Å². The average molecular weight is 260 g/mol. The molecule has 5 nitrogen and oxygen atoms in total. The zero-order chi connectivity index (χ0) is 13.1. The molecule has 0 saturated carbocycles. The second-order valence-electron chi connectivity index (χ2n) is 3.36. The Kier molecular flexibility index (Phi) is 3.41. The first-order chi connectivity index (χ1) is 8.67. The van der Waals surface area contributed by atoms with E-state index in [1.54, 1.807) is 12.1 Å². The van der Waals surface area contributed by atoms with E-state index in [1.165, 1.54) is 17.7 Å². The van der Waals surface area contributed by atoms with E-state index in [4.69, 9.17) is 5.11 Å². The van der Waals surface area contributed by atoms with E-state index in [0.29, 0.717) is 10.5 Å². The van der Waals surface area contributed by atoms with Crippen LogP contribution in [0.2, 0.25) is 0 Å². The largest absolute Gasteiger partial charge is 0.477 e. The molecule has 0 radical (unpaired) electrons. The molecule has 0 spiro atoms. The lowest BCUT2D eigenvalue weighted by Crippen LogP contribution is -2.06. The van der Waals surface area contributed by atoms with Gasteiger partial charge < -0.3 is 5.11 Å². The number of hydrogen-bond acceptors (Lipinski definition) is 5. The molecule has 6 heteroatoms. The van der Waals surface area contributed by atoms with Crippen molar-refractivity contribution in [2.24, 2.45) is 0 Å². The van der Waals surface area contributed by atoms with E-state index >= 15 is 0 Å². The summed E-state index contributed by atoms with van der Waals surface area (Å²) in [6, 6.07) is 7.22. The topological polar surface area (TPSA) is 80.2 Å². The molecule has 18 heavy (non-hydrogen) atoms. The third-order valence-electron chi connectivity index (χ3n) is 2.30. The van der Waals surface area contributed by atoms with Crippen LogP contribution in [0.5, 0.6) is 0 Å². The van der Waals surface area contributed by atoms with Crippen LogP contribution < -0.4 is 0 Å². The Labute approximate surface area is 107 Å². The van der Waals surface area contributed by atoms with Crippen LogP contribution in [-0.2, 0) is 9.59 Å². The number of para-hydroxylation sites is 1. The highest BCUT2D eigenvalue weighted by Gasteiger charge is 2.17. The van der Waals surface area contributed by atoms with E-state index in [-0.39, 0.29) is 5.82 Å². The van der Waals surface area contributed by atoms with Gasteiger partial charge in [0.2, 0.25) is 0 Å². The molecule has 0 amide bonds. The second-order valence-corrected chi connectivity index (χ2v) is 4.15. The van der Waals surface area contributed by atoms with Crippen LogP contribution in [0.3, 0.4) is 0 Å². The number of aromatic nitrogens is 2. The summed E-state index contributed by atoms with van der Waals surface area (Å²) in [5.41, 5.74) is 0.0388. The Balaban J connectivity index is 2.75. The van der Waals surface area contributed by atoms with Crippen molar-refractivity contribution in [1.29, 1.82) is 0 Å². The molecule has 2 rings (SSSR count). The highest BCUT2D eigenvalue weighted by molar-refractivity contribution is 7.98. The number of benzene rings is 1. The maximum absolute atomic E-state index is 10.9. The van der Waals surface area contributed by atoms with Crippen molar-refractivity contribution in [2.75, 3.05) is 6.26 Å². The van der Waals surface area contributed by atoms with Gasteiger partial charge in [-0.25, -0.2) is 19.6 Å². The number of nitrogens with zero attached hydrogens (tertiary/aromatic N) is 2. The zero-order valence-corrected chi connectivity index (χ0v) is 10.2. The van der Waals surface area contributed by atoms with Gasteiger partial charge in [-0.1, -0.05) is 18.2 Å². The van der Waals surface area contributed by atoms with Gasteiger partial charge in [0.05, 0.1) is 5.52 Å². The SMILES string of the molecule is CSc1nc(C(=C=O)C(=O)O)nc2ccccc12. The van der Waals surface area contributed by atoms with E-state index in [9.17, 15) is 9.59 Å². The van der Waals surface area contributed by atoms with Crippen molar-refractivity contribution >= 4 is 40.1 Å². The van der Waals surface area contributed by atoms with E-state index in [2.05, 4.69) is 9.97 Å². The third-order valence-corrected chi connectivity index (χ3v) is 3.00. The Bertz CT molecular complexity index is 678. The van der Waals surface area contributed by atoms with Crippen molar-refractivity contribution in [3.8, 4) is 0 Å². The molecule has 2 aromatic rings. The number of carboxylic acid groups (broad SMARTS) is 1. The van der Waals surface area contributed by atoms with Gasteiger partial charge in [-0.15, -0.1) is 11.8 Å². The van der Waals surface area contributed by atoms with Crippen molar-refractivity contribution in [1.82, 2.24) is 9.97 Å². The number of carbonyl (C=O) groups is 1. The molecule has 0 aliphatic carbocycles. The molecule has 0 saturated heterocycles. The predicted octanol–water partition coefficient (Wildman–Crippen LogP) is 1.65. The summed E-state index contributed by atoms with van der Waals surface area (Å²) < 4.78 is 0. The number of hydrogen-bond donors (Lipinski definition) is 1. The maximum atomic E-state index is 10.9. The molecule has 0 aliphatic rings. The highest BCUT2D eigenvalue weighted by atomic mass is 32.2.